The Kier molecular flexibility index (Phi) is 3.78. The predicted octanol–water partition coefficient (Wildman–Crippen LogP) is 2.16. The molecule has 3 heteroatoms. The van der Waals surface area contributed by atoms with E-state index in [1.165, 1.54) is 9.66 Å². The fraction of sp³-hybridized carbons (Fsp3) is 0.444. The first kappa shape index (κ1) is 9.77. The average molecular weight is 277 g/mol. The summed E-state index contributed by atoms with van der Waals surface area (Å²) < 4.78 is 1.34. The van der Waals surface area contributed by atoms with Crippen LogP contribution in [0.25, 0.3) is 0 Å². The maximum absolute atomic E-state index is 10.9. The van der Waals surface area contributed by atoms with Crippen molar-refractivity contribution in [3.63, 3.8) is 0 Å². The summed E-state index contributed by atoms with van der Waals surface area (Å²) in [6, 6.07) is 0.312. The molecule has 0 spiro atoms. The molecule has 0 radical (unpaired) electrons. The molecule has 0 fully saturated rings. The van der Waals surface area contributed by atoms with Gasteiger partial charge in [0, 0.05) is 6.04 Å². The molecule has 0 aromatic heterocycles. The van der Waals surface area contributed by atoms with E-state index in [9.17, 15) is 4.79 Å². The molecule has 12 heavy (non-hydrogen) atoms. The van der Waals surface area contributed by atoms with Crippen LogP contribution in [0.4, 0.5) is 0 Å². The highest BCUT2D eigenvalue weighted by molar-refractivity contribution is 14.1. The SMILES string of the molecule is C=CC(=O)NC1CCC=C(I)C1. The van der Waals surface area contributed by atoms with Crippen LogP contribution in [0.3, 0.4) is 0 Å². The summed E-state index contributed by atoms with van der Waals surface area (Å²) in [4.78, 5) is 10.9. The molecule has 1 aliphatic rings. The third-order valence-electron chi connectivity index (χ3n) is 1.85. The fourth-order valence-corrected chi connectivity index (χ4v) is 2.09. The van der Waals surface area contributed by atoms with Crippen molar-refractivity contribution in [2.75, 3.05) is 0 Å². The van der Waals surface area contributed by atoms with Crippen molar-refractivity contribution < 1.29 is 4.79 Å². The lowest BCUT2D eigenvalue weighted by molar-refractivity contribution is -0.117. The number of allylic oxidation sites excluding steroid dienone is 1. The molecule has 1 rings (SSSR count). The van der Waals surface area contributed by atoms with Gasteiger partial charge in [0.15, 0.2) is 0 Å². The van der Waals surface area contributed by atoms with Crippen LogP contribution in [0.2, 0.25) is 0 Å². The van der Waals surface area contributed by atoms with E-state index in [2.05, 4.69) is 40.6 Å². The maximum atomic E-state index is 10.9. The van der Waals surface area contributed by atoms with Gasteiger partial charge >= 0.3 is 0 Å². The Balaban J connectivity index is 2.40. The number of carbonyl (C=O) groups excluding carboxylic acids is 1. The fourth-order valence-electron chi connectivity index (χ4n) is 1.25. The number of hydrogen-bond donors (Lipinski definition) is 1. The Morgan fingerprint density at radius 1 is 1.83 bits per heavy atom. The van der Waals surface area contributed by atoms with Gasteiger partial charge in [-0.05, 0) is 51.5 Å². The van der Waals surface area contributed by atoms with E-state index >= 15 is 0 Å². The Labute approximate surface area is 86.2 Å². The first-order chi connectivity index (χ1) is 5.72. The van der Waals surface area contributed by atoms with Crippen molar-refractivity contribution in [1.29, 1.82) is 0 Å². The molecule has 0 aromatic rings. The van der Waals surface area contributed by atoms with E-state index < -0.39 is 0 Å². The highest BCUT2D eigenvalue weighted by Gasteiger charge is 2.14. The molecule has 0 saturated carbocycles. The van der Waals surface area contributed by atoms with Crippen molar-refractivity contribution in [2.24, 2.45) is 0 Å². The van der Waals surface area contributed by atoms with E-state index in [0.29, 0.717) is 6.04 Å². The number of nitrogens with one attached hydrogen (secondary N) is 1. The summed E-state index contributed by atoms with van der Waals surface area (Å²) in [7, 11) is 0. The van der Waals surface area contributed by atoms with Crippen LogP contribution < -0.4 is 5.32 Å². The zero-order valence-corrected chi connectivity index (χ0v) is 9.00. The Morgan fingerprint density at radius 2 is 2.58 bits per heavy atom. The second-order valence-electron chi connectivity index (χ2n) is 2.84. The summed E-state index contributed by atoms with van der Waals surface area (Å²) >= 11 is 2.31. The topological polar surface area (TPSA) is 29.1 Å². The molecule has 1 N–H and O–H groups in total. The lowest BCUT2D eigenvalue weighted by Crippen LogP contribution is -2.34. The molecule has 0 aliphatic heterocycles. The molecule has 0 aromatic carbocycles. The molecule has 66 valence electrons. The van der Waals surface area contributed by atoms with Gasteiger partial charge in [0.05, 0.1) is 0 Å². The van der Waals surface area contributed by atoms with Crippen LogP contribution in [0, 0.1) is 0 Å². The molecule has 1 aliphatic carbocycles. The van der Waals surface area contributed by atoms with Crippen molar-refractivity contribution in [1.82, 2.24) is 5.32 Å². The van der Waals surface area contributed by atoms with Gasteiger partial charge in [-0.3, -0.25) is 4.79 Å². The number of carbonyl (C=O) groups is 1. The minimum Gasteiger partial charge on any atom is -0.349 e. The lowest BCUT2D eigenvalue weighted by atomic mass is 10.0. The zero-order chi connectivity index (χ0) is 8.97. The molecule has 0 saturated heterocycles. The minimum absolute atomic E-state index is 0.0638. The van der Waals surface area contributed by atoms with Crippen molar-refractivity contribution in [3.8, 4) is 0 Å². The van der Waals surface area contributed by atoms with Crippen LogP contribution in [-0.2, 0) is 4.79 Å². The minimum atomic E-state index is -0.0638. The number of rotatable bonds is 2. The standard InChI is InChI=1S/C9H12INO/c1-2-9(12)11-8-5-3-4-7(10)6-8/h2,4,8H,1,3,5-6H2,(H,11,12). The highest BCUT2D eigenvalue weighted by atomic mass is 127. The molecule has 0 bridgehead atoms. The molecule has 1 atom stereocenters. The van der Waals surface area contributed by atoms with Crippen LogP contribution in [0.5, 0.6) is 0 Å². The predicted molar refractivity (Wildman–Crippen MR) is 58.1 cm³/mol. The number of amides is 1. The van der Waals surface area contributed by atoms with Gasteiger partial charge in [-0.25, -0.2) is 0 Å². The van der Waals surface area contributed by atoms with E-state index in [-0.39, 0.29) is 5.91 Å². The average Bonchev–Trinajstić information content (AvgIpc) is 2.04. The van der Waals surface area contributed by atoms with E-state index in [0.717, 1.165) is 19.3 Å². The van der Waals surface area contributed by atoms with Gasteiger partial charge in [0.2, 0.25) is 5.91 Å². The monoisotopic (exact) mass is 277 g/mol. The molecule has 1 unspecified atom stereocenters. The molecule has 2 nitrogen and oxygen atoms in total. The quantitative estimate of drug-likeness (QED) is 0.608. The third-order valence-corrected chi connectivity index (χ3v) is 2.73. The molecular formula is C9H12INO. The highest BCUT2D eigenvalue weighted by Crippen LogP contribution is 2.22. The third kappa shape index (κ3) is 2.97. The number of hydrogen-bond acceptors (Lipinski definition) is 1. The van der Waals surface area contributed by atoms with E-state index in [1.54, 1.807) is 0 Å². The normalized spacial score (nSPS) is 22.8. The summed E-state index contributed by atoms with van der Waals surface area (Å²) in [6.45, 7) is 3.42. The van der Waals surface area contributed by atoms with Gasteiger partial charge in [-0.1, -0.05) is 12.7 Å². The van der Waals surface area contributed by atoms with Gasteiger partial charge in [0.25, 0.3) is 0 Å². The van der Waals surface area contributed by atoms with E-state index in [1.807, 2.05) is 0 Å². The summed E-state index contributed by atoms with van der Waals surface area (Å²) in [5.74, 6) is -0.0638. The summed E-state index contributed by atoms with van der Waals surface area (Å²) in [6.07, 6.45) is 6.63. The van der Waals surface area contributed by atoms with Crippen molar-refractivity contribution in [2.45, 2.75) is 25.3 Å². The summed E-state index contributed by atoms with van der Waals surface area (Å²) in [5.41, 5.74) is 0. The Bertz CT molecular complexity index is 223. The van der Waals surface area contributed by atoms with Gasteiger partial charge in [-0.2, -0.15) is 0 Å². The smallest absolute Gasteiger partial charge is 0.243 e. The van der Waals surface area contributed by atoms with Gasteiger partial charge < -0.3 is 5.32 Å². The first-order valence-electron chi connectivity index (χ1n) is 4.00. The van der Waals surface area contributed by atoms with Crippen molar-refractivity contribution >= 4 is 28.5 Å². The van der Waals surface area contributed by atoms with Crippen LogP contribution >= 0.6 is 22.6 Å². The zero-order valence-electron chi connectivity index (χ0n) is 6.85. The Morgan fingerprint density at radius 3 is 3.17 bits per heavy atom. The van der Waals surface area contributed by atoms with Crippen LogP contribution in [0.15, 0.2) is 22.3 Å². The largest absolute Gasteiger partial charge is 0.349 e. The van der Waals surface area contributed by atoms with Crippen molar-refractivity contribution in [3.05, 3.63) is 22.3 Å². The van der Waals surface area contributed by atoms with E-state index in [4.69, 9.17) is 0 Å². The summed E-state index contributed by atoms with van der Waals surface area (Å²) in [5, 5.41) is 2.90. The maximum Gasteiger partial charge on any atom is 0.243 e. The van der Waals surface area contributed by atoms with Crippen LogP contribution in [0.1, 0.15) is 19.3 Å². The lowest BCUT2D eigenvalue weighted by Gasteiger charge is -2.20. The second-order valence-corrected chi connectivity index (χ2v) is 4.23. The molecule has 1 amide bonds. The number of halogens is 1. The first-order valence-corrected chi connectivity index (χ1v) is 5.07. The second kappa shape index (κ2) is 4.64. The Hall–Kier alpha value is -0.320. The molecular weight excluding hydrogens is 265 g/mol. The van der Waals surface area contributed by atoms with Gasteiger partial charge in [-0.15, -0.1) is 0 Å². The molecule has 0 heterocycles. The van der Waals surface area contributed by atoms with Gasteiger partial charge in [0.1, 0.15) is 0 Å². The van der Waals surface area contributed by atoms with Crippen LogP contribution in [-0.4, -0.2) is 11.9 Å².